The molecule has 0 aliphatic carbocycles. The van der Waals surface area contributed by atoms with E-state index in [0.29, 0.717) is 21.9 Å². The Bertz CT molecular complexity index is 1050. The standard InChI is InChI=1S/C18H16FN5O3S/c1-9-5-12(19)11(16(25)24-15-6-10(27-2)3-4-21-15)7-13(9)23-17(26)14-8-22-18(20)28-14/h3-8H,1-2H3,(H2,20,22)(H,23,26)(H,21,24,25). The first-order valence-electron chi connectivity index (χ1n) is 8.01. The molecule has 0 atom stereocenters. The maximum absolute atomic E-state index is 14.3. The summed E-state index contributed by atoms with van der Waals surface area (Å²) in [5.41, 5.74) is 6.04. The van der Waals surface area contributed by atoms with Gasteiger partial charge in [0.2, 0.25) is 0 Å². The number of hydrogen-bond acceptors (Lipinski definition) is 7. The number of halogens is 1. The molecular formula is C18H16FN5O3S. The second-order valence-corrected chi connectivity index (χ2v) is 6.76. The van der Waals surface area contributed by atoms with Crippen LogP contribution in [0.25, 0.3) is 0 Å². The fourth-order valence-corrected chi connectivity index (χ4v) is 2.93. The van der Waals surface area contributed by atoms with Crippen molar-refractivity contribution < 1.29 is 18.7 Å². The Hall–Kier alpha value is -3.53. The number of nitrogens with zero attached hydrogens (tertiary/aromatic N) is 2. The summed E-state index contributed by atoms with van der Waals surface area (Å²) in [5.74, 6) is -1.19. The van der Waals surface area contributed by atoms with Crippen molar-refractivity contribution in [3.05, 3.63) is 58.5 Å². The Kier molecular flexibility index (Phi) is 5.50. The van der Waals surface area contributed by atoms with Crippen LogP contribution in [-0.2, 0) is 0 Å². The molecule has 0 spiro atoms. The van der Waals surface area contributed by atoms with Gasteiger partial charge in [0, 0.05) is 18.0 Å². The number of thiazole rings is 1. The van der Waals surface area contributed by atoms with Crippen LogP contribution in [0.5, 0.6) is 5.75 Å². The van der Waals surface area contributed by atoms with E-state index in [2.05, 4.69) is 20.6 Å². The zero-order chi connectivity index (χ0) is 20.3. The summed E-state index contributed by atoms with van der Waals surface area (Å²) in [7, 11) is 1.48. The molecule has 1 aromatic carbocycles. The number of ether oxygens (including phenoxy) is 1. The maximum Gasteiger partial charge on any atom is 0.267 e. The molecule has 3 rings (SSSR count). The van der Waals surface area contributed by atoms with Gasteiger partial charge in [0.05, 0.1) is 18.9 Å². The van der Waals surface area contributed by atoms with E-state index in [-0.39, 0.29) is 16.5 Å². The van der Waals surface area contributed by atoms with Gasteiger partial charge in [0.1, 0.15) is 22.3 Å². The van der Waals surface area contributed by atoms with Gasteiger partial charge >= 0.3 is 0 Å². The van der Waals surface area contributed by atoms with Crippen molar-refractivity contribution in [1.82, 2.24) is 9.97 Å². The van der Waals surface area contributed by atoms with Crippen LogP contribution in [0.4, 0.5) is 21.0 Å². The van der Waals surface area contributed by atoms with E-state index in [1.54, 1.807) is 13.0 Å². The molecule has 3 aromatic rings. The van der Waals surface area contributed by atoms with Crippen LogP contribution in [0, 0.1) is 12.7 Å². The van der Waals surface area contributed by atoms with Crippen molar-refractivity contribution in [1.29, 1.82) is 0 Å². The molecule has 2 heterocycles. The Morgan fingerprint density at radius 1 is 1.18 bits per heavy atom. The molecule has 0 aliphatic heterocycles. The molecule has 0 unspecified atom stereocenters. The Labute approximate surface area is 163 Å². The summed E-state index contributed by atoms with van der Waals surface area (Å²) in [4.78, 5) is 32.9. The van der Waals surface area contributed by atoms with E-state index < -0.39 is 17.6 Å². The summed E-state index contributed by atoms with van der Waals surface area (Å²) in [6.07, 6.45) is 2.79. The van der Waals surface area contributed by atoms with E-state index in [1.165, 1.54) is 37.7 Å². The van der Waals surface area contributed by atoms with Gasteiger partial charge in [-0.2, -0.15) is 0 Å². The minimum Gasteiger partial charge on any atom is -0.497 e. The largest absolute Gasteiger partial charge is 0.497 e. The van der Waals surface area contributed by atoms with Crippen molar-refractivity contribution in [2.24, 2.45) is 0 Å². The molecule has 144 valence electrons. The van der Waals surface area contributed by atoms with Crippen LogP contribution < -0.4 is 21.1 Å². The minimum atomic E-state index is -0.724. The quantitative estimate of drug-likeness (QED) is 0.604. The topological polar surface area (TPSA) is 119 Å². The van der Waals surface area contributed by atoms with Gasteiger partial charge in [0.25, 0.3) is 11.8 Å². The molecule has 0 bridgehead atoms. The predicted octanol–water partition coefficient (Wildman–Crippen LogP) is 3.08. The summed E-state index contributed by atoms with van der Waals surface area (Å²) in [6, 6.07) is 5.55. The SMILES string of the molecule is COc1ccnc(NC(=O)c2cc(NC(=O)c3cnc(N)s3)c(C)cc2F)c1. The number of rotatable bonds is 5. The molecule has 0 fully saturated rings. The number of methoxy groups -OCH3 is 1. The second kappa shape index (κ2) is 8.01. The number of amides is 2. The van der Waals surface area contributed by atoms with Gasteiger partial charge in [-0.15, -0.1) is 0 Å². The molecule has 0 saturated heterocycles. The molecule has 0 saturated carbocycles. The number of nitrogens with one attached hydrogen (secondary N) is 2. The molecule has 0 aliphatic rings. The molecule has 0 radical (unpaired) electrons. The highest BCUT2D eigenvalue weighted by Gasteiger charge is 2.18. The summed E-state index contributed by atoms with van der Waals surface area (Å²) >= 11 is 1.02. The number of aryl methyl sites for hydroxylation is 1. The number of aromatic nitrogens is 2. The Morgan fingerprint density at radius 3 is 2.64 bits per heavy atom. The van der Waals surface area contributed by atoms with Crippen molar-refractivity contribution in [2.45, 2.75) is 6.92 Å². The Morgan fingerprint density at radius 2 is 1.96 bits per heavy atom. The zero-order valence-electron chi connectivity index (χ0n) is 14.9. The van der Waals surface area contributed by atoms with Gasteiger partial charge in [0.15, 0.2) is 5.13 Å². The molecule has 10 heteroatoms. The predicted molar refractivity (Wildman–Crippen MR) is 104 cm³/mol. The Balaban J connectivity index is 1.84. The van der Waals surface area contributed by atoms with Crippen LogP contribution >= 0.6 is 11.3 Å². The number of anilines is 3. The van der Waals surface area contributed by atoms with Crippen molar-refractivity contribution in [3.8, 4) is 5.75 Å². The smallest absolute Gasteiger partial charge is 0.267 e. The third-order valence-corrected chi connectivity index (χ3v) is 4.59. The fourth-order valence-electron chi connectivity index (χ4n) is 2.35. The number of nitrogen functional groups attached to an aromatic ring is 1. The van der Waals surface area contributed by atoms with Crippen LogP contribution in [0.15, 0.2) is 36.7 Å². The van der Waals surface area contributed by atoms with Crippen molar-refractivity contribution in [2.75, 3.05) is 23.5 Å². The monoisotopic (exact) mass is 401 g/mol. The van der Waals surface area contributed by atoms with Gasteiger partial charge in [-0.1, -0.05) is 11.3 Å². The average molecular weight is 401 g/mol. The number of benzene rings is 1. The second-order valence-electron chi connectivity index (χ2n) is 5.70. The number of nitrogens with two attached hydrogens (primary N) is 1. The van der Waals surface area contributed by atoms with Gasteiger partial charge in [-0.05, 0) is 30.7 Å². The maximum atomic E-state index is 14.3. The first-order valence-corrected chi connectivity index (χ1v) is 8.83. The minimum absolute atomic E-state index is 0.204. The highest BCUT2D eigenvalue weighted by molar-refractivity contribution is 7.17. The zero-order valence-corrected chi connectivity index (χ0v) is 15.8. The highest BCUT2D eigenvalue weighted by atomic mass is 32.1. The lowest BCUT2D eigenvalue weighted by Crippen LogP contribution is -2.17. The summed E-state index contributed by atoms with van der Waals surface area (Å²) in [6.45, 7) is 1.62. The fraction of sp³-hybridized carbons (Fsp3) is 0.111. The van der Waals surface area contributed by atoms with Gasteiger partial charge in [-0.25, -0.2) is 14.4 Å². The number of hydrogen-bond donors (Lipinski definition) is 3. The molecular weight excluding hydrogens is 385 g/mol. The third-order valence-electron chi connectivity index (χ3n) is 3.76. The van der Waals surface area contributed by atoms with E-state index in [0.717, 1.165) is 11.3 Å². The van der Waals surface area contributed by atoms with E-state index in [9.17, 15) is 14.0 Å². The van der Waals surface area contributed by atoms with Crippen LogP contribution in [0.2, 0.25) is 0 Å². The number of carbonyl (C=O) groups excluding carboxylic acids is 2. The molecule has 28 heavy (non-hydrogen) atoms. The summed E-state index contributed by atoms with van der Waals surface area (Å²) < 4.78 is 19.4. The van der Waals surface area contributed by atoms with E-state index in [1.807, 2.05) is 0 Å². The number of carbonyl (C=O) groups is 2. The van der Waals surface area contributed by atoms with E-state index in [4.69, 9.17) is 10.5 Å². The van der Waals surface area contributed by atoms with E-state index >= 15 is 0 Å². The van der Waals surface area contributed by atoms with Gasteiger partial charge in [-0.3, -0.25) is 9.59 Å². The lowest BCUT2D eigenvalue weighted by atomic mass is 10.1. The lowest BCUT2D eigenvalue weighted by Gasteiger charge is -2.12. The average Bonchev–Trinajstić information content (AvgIpc) is 3.10. The molecule has 2 amide bonds. The third kappa shape index (κ3) is 4.23. The first-order chi connectivity index (χ1) is 13.4. The van der Waals surface area contributed by atoms with Crippen LogP contribution in [0.3, 0.4) is 0 Å². The lowest BCUT2D eigenvalue weighted by molar-refractivity contribution is 0.101. The van der Waals surface area contributed by atoms with Gasteiger partial charge < -0.3 is 21.1 Å². The molecule has 2 aromatic heterocycles. The van der Waals surface area contributed by atoms with Crippen LogP contribution in [-0.4, -0.2) is 28.9 Å². The first kappa shape index (κ1) is 19.2. The van der Waals surface area contributed by atoms with Crippen LogP contribution in [0.1, 0.15) is 25.6 Å². The van der Waals surface area contributed by atoms with Crippen molar-refractivity contribution in [3.63, 3.8) is 0 Å². The highest BCUT2D eigenvalue weighted by Crippen LogP contribution is 2.24. The molecule has 8 nitrogen and oxygen atoms in total. The number of pyridine rings is 1. The molecule has 4 N–H and O–H groups in total. The summed E-state index contributed by atoms with van der Waals surface area (Å²) in [5, 5.41) is 5.40. The normalized spacial score (nSPS) is 10.4. The van der Waals surface area contributed by atoms with Crippen molar-refractivity contribution >= 4 is 39.8 Å².